The minimum absolute atomic E-state index is 0.0924. The Balaban J connectivity index is 1.32. The van der Waals surface area contributed by atoms with Gasteiger partial charge in [0.25, 0.3) is 11.8 Å². The third kappa shape index (κ3) is 7.41. The van der Waals surface area contributed by atoms with E-state index in [0.29, 0.717) is 39.0 Å². The van der Waals surface area contributed by atoms with E-state index >= 15 is 0 Å². The monoisotopic (exact) mass is 624 g/mol. The Labute approximate surface area is 241 Å². The summed E-state index contributed by atoms with van der Waals surface area (Å²) < 4.78 is 0.947. The van der Waals surface area contributed by atoms with Crippen LogP contribution in [0, 0.1) is 0 Å². The van der Waals surface area contributed by atoms with E-state index in [0.717, 1.165) is 32.5 Å². The first kappa shape index (κ1) is 28.2. The quantitative estimate of drug-likeness (QED) is 0.142. The highest BCUT2D eigenvalue weighted by molar-refractivity contribution is 9.10. The number of thiophene rings is 2. The number of hydrazone groups is 1. The van der Waals surface area contributed by atoms with Crippen molar-refractivity contribution in [2.24, 2.45) is 5.10 Å². The van der Waals surface area contributed by atoms with Crippen molar-refractivity contribution in [1.29, 1.82) is 0 Å². The molecule has 0 spiro atoms. The Kier molecular flexibility index (Phi) is 9.28. The largest absolute Gasteiger partial charge is 0.506 e. The normalized spacial score (nSPS) is 11.2. The van der Waals surface area contributed by atoms with Crippen molar-refractivity contribution >= 4 is 62.0 Å². The molecule has 3 amide bonds. The lowest BCUT2D eigenvalue weighted by Crippen LogP contribution is -2.22. The molecule has 200 valence electrons. The molecule has 0 bridgehead atoms. The Morgan fingerprint density at radius 1 is 0.846 bits per heavy atom. The number of rotatable bonds is 9. The molecule has 2 aromatic carbocycles. The second kappa shape index (κ2) is 12.8. The van der Waals surface area contributed by atoms with E-state index in [1.807, 2.05) is 48.5 Å². The van der Waals surface area contributed by atoms with Crippen LogP contribution in [0.1, 0.15) is 49.9 Å². The van der Waals surface area contributed by atoms with Crippen LogP contribution in [0.4, 0.5) is 0 Å². The maximum atomic E-state index is 12.6. The first-order chi connectivity index (χ1) is 18.7. The molecule has 39 heavy (non-hydrogen) atoms. The standard InChI is InChI=1S/C28H25BrN4O4S2/c1-16(22-15-38-26(25(22)35)20-7-9-21(29)10-8-20)32-33-28(37)24-12-11-23(39-24)27(36)31-14-19-5-3-18(4-6-19)13-30-17(2)34/h3-12,15,35H,13-14H2,1-2H3,(H,30,34)(H,31,36)(H,33,37)/b32-16+. The fraction of sp³-hybridized carbons (Fsp3) is 0.143. The van der Waals surface area contributed by atoms with Crippen LogP contribution < -0.4 is 16.1 Å². The summed E-state index contributed by atoms with van der Waals surface area (Å²) in [4.78, 5) is 37.7. The minimum atomic E-state index is -0.448. The number of halogens is 1. The molecule has 4 rings (SSSR count). The number of carbonyl (C=O) groups excluding carboxylic acids is 3. The van der Waals surface area contributed by atoms with Crippen LogP contribution >= 0.6 is 38.6 Å². The molecule has 0 aliphatic carbocycles. The fourth-order valence-corrected chi connectivity index (χ4v) is 5.61. The summed E-state index contributed by atoms with van der Waals surface area (Å²) in [5, 5.41) is 22.2. The van der Waals surface area contributed by atoms with Gasteiger partial charge in [0.15, 0.2) is 0 Å². The van der Waals surface area contributed by atoms with Gasteiger partial charge in [0.2, 0.25) is 5.91 Å². The zero-order valence-electron chi connectivity index (χ0n) is 21.1. The SMILES string of the molecule is CC(=O)NCc1ccc(CNC(=O)c2ccc(C(=O)N/N=C(\C)c3csc(-c4ccc(Br)cc4)c3O)s2)cc1. The lowest BCUT2D eigenvalue weighted by atomic mass is 10.1. The summed E-state index contributed by atoms with van der Waals surface area (Å²) in [7, 11) is 0. The third-order valence-corrected chi connectivity index (χ3v) is 8.29. The van der Waals surface area contributed by atoms with Gasteiger partial charge in [-0.15, -0.1) is 22.7 Å². The van der Waals surface area contributed by atoms with Crippen molar-refractivity contribution < 1.29 is 19.5 Å². The van der Waals surface area contributed by atoms with Crippen LogP contribution in [0.2, 0.25) is 0 Å². The molecule has 0 unspecified atom stereocenters. The molecular weight excluding hydrogens is 600 g/mol. The molecule has 4 aromatic rings. The fourth-order valence-electron chi connectivity index (χ4n) is 3.52. The number of amides is 3. The van der Waals surface area contributed by atoms with E-state index in [4.69, 9.17) is 0 Å². The Morgan fingerprint density at radius 2 is 1.44 bits per heavy atom. The smallest absolute Gasteiger partial charge is 0.281 e. The number of hydrogen-bond acceptors (Lipinski definition) is 7. The lowest BCUT2D eigenvalue weighted by molar-refractivity contribution is -0.119. The van der Waals surface area contributed by atoms with Crippen LogP contribution in [0.5, 0.6) is 5.75 Å². The predicted octanol–water partition coefficient (Wildman–Crippen LogP) is 5.66. The Bertz CT molecular complexity index is 1530. The molecule has 0 atom stereocenters. The lowest BCUT2D eigenvalue weighted by Gasteiger charge is -2.06. The van der Waals surface area contributed by atoms with Crippen molar-refractivity contribution in [2.45, 2.75) is 26.9 Å². The molecule has 0 saturated heterocycles. The number of benzene rings is 2. The van der Waals surface area contributed by atoms with Gasteiger partial charge in [-0.1, -0.05) is 52.3 Å². The maximum Gasteiger partial charge on any atom is 0.281 e. The molecule has 4 N–H and O–H groups in total. The summed E-state index contributed by atoms with van der Waals surface area (Å²) in [5.41, 5.74) is 6.25. The Morgan fingerprint density at radius 3 is 2.05 bits per heavy atom. The second-order valence-corrected chi connectivity index (χ2v) is 11.4. The van der Waals surface area contributed by atoms with Crippen LogP contribution in [0.25, 0.3) is 10.4 Å². The van der Waals surface area contributed by atoms with E-state index in [2.05, 4.69) is 37.1 Å². The van der Waals surface area contributed by atoms with Gasteiger partial charge in [0.05, 0.1) is 25.9 Å². The topological polar surface area (TPSA) is 120 Å². The zero-order valence-corrected chi connectivity index (χ0v) is 24.3. The summed E-state index contributed by atoms with van der Waals surface area (Å²) in [6.07, 6.45) is 0. The number of carbonyl (C=O) groups is 3. The van der Waals surface area contributed by atoms with Crippen LogP contribution in [0.15, 0.2) is 75.6 Å². The summed E-state index contributed by atoms with van der Waals surface area (Å²) >= 11 is 5.86. The van der Waals surface area contributed by atoms with Crippen molar-refractivity contribution in [3.63, 3.8) is 0 Å². The highest BCUT2D eigenvalue weighted by Gasteiger charge is 2.17. The molecule has 2 heterocycles. The molecular formula is C28H25BrN4O4S2. The van der Waals surface area contributed by atoms with E-state index in [-0.39, 0.29) is 17.6 Å². The molecule has 0 aliphatic heterocycles. The van der Waals surface area contributed by atoms with Crippen LogP contribution in [-0.2, 0) is 17.9 Å². The molecule has 0 saturated carbocycles. The average Bonchev–Trinajstić information content (AvgIpc) is 3.58. The summed E-state index contributed by atoms with van der Waals surface area (Å²) in [6.45, 7) is 3.95. The van der Waals surface area contributed by atoms with Gasteiger partial charge in [-0.2, -0.15) is 5.10 Å². The van der Waals surface area contributed by atoms with Crippen LogP contribution in [-0.4, -0.2) is 28.5 Å². The van der Waals surface area contributed by atoms with E-state index in [9.17, 15) is 19.5 Å². The van der Waals surface area contributed by atoms with E-state index in [1.54, 1.807) is 24.4 Å². The highest BCUT2D eigenvalue weighted by Crippen LogP contribution is 2.39. The van der Waals surface area contributed by atoms with Gasteiger partial charge in [0.1, 0.15) is 5.75 Å². The first-order valence-corrected chi connectivity index (χ1v) is 14.3. The average molecular weight is 626 g/mol. The summed E-state index contributed by atoms with van der Waals surface area (Å²) in [5.74, 6) is -0.721. The maximum absolute atomic E-state index is 12.6. The summed E-state index contributed by atoms with van der Waals surface area (Å²) in [6, 6.07) is 18.3. The van der Waals surface area contributed by atoms with Crippen molar-refractivity contribution in [2.75, 3.05) is 0 Å². The predicted molar refractivity (Wildman–Crippen MR) is 158 cm³/mol. The molecule has 0 aliphatic rings. The van der Waals surface area contributed by atoms with Gasteiger partial charge in [-0.3, -0.25) is 14.4 Å². The van der Waals surface area contributed by atoms with E-state index in [1.165, 1.54) is 18.3 Å². The molecule has 8 nitrogen and oxygen atoms in total. The van der Waals surface area contributed by atoms with Crippen molar-refractivity contribution in [3.8, 4) is 16.2 Å². The number of hydrogen-bond donors (Lipinski definition) is 4. The number of nitrogens with one attached hydrogen (secondary N) is 3. The molecule has 0 radical (unpaired) electrons. The van der Waals surface area contributed by atoms with Gasteiger partial charge >= 0.3 is 0 Å². The molecule has 11 heteroatoms. The van der Waals surface area contributed by atoms with E-state index < -0.39 is 5.91 Å². The second-order valence-electron chi connectivity index (χ2n) is 8.54. The zero-order chi connectivity index (χ0) is 27.9. The van der Waals surface area contributed by atoms with Gasteiger partial charge in [-0.25, -0.2) is 5.43 Å². The van der Waals surface area contributed by atoms with Crippen molar-refractivity contribution in [3.05, 3.63) is 97.0 Å². The highest BCUT2D eigenvalue weighted by atomic mass is 79.9. The number of aromatic hydroxyl groups is 1. The third-order valence-electron chi connectivity index (χ3n) is 5.66. The number of nitrogens with zero attached hydrogens (tertiary/aromatic N) is 1. The van der Waals surface area contributed by atoms with Gasteiger partial charge < -0.3 is 15.7 Å². The van der Waals surface area contributed by atoms with Crippen LogP contribution in [0.3, 0.4) is 0 Å². The molecule has 0 fully saturated rings. The first-order valence-electron chi connectivity index (χ1n) is 11.8. The Hall–Kier alpha value is -3.80. The minimum Gasteiger partial charge on any atom is -0.506 e. The van der Waals surface area contributed by atoms with Crippen molar-refractivity contribution in [1.82, 2.24) is 16.1 Å². The molecule has 2 aromatic heterocycles. The van der Waals surface area contributed by atoms with Gasteiger partial charge in [-0.05, 0) is 47.9 Å². The van der Waals surface area contributed by atoms with Gasteiger partial charge in [0, 0.05) is 29.9 Å².